The first-order chi connectivity index (χ1) is 11.2. The minimum Gasteiger partial charge on any atom is -0.340 e. The summed E-state index contributed by atoms with van der Waals surface area (Å²) >= 11 is 0. The van der Waals surface area contributed by atoms with Crippen LogP contribution >= 0.6 is 0 Å². The topological polar surface area (TPSA) is 36.4 Å². The molecule has 1 fully saturated rings. The third kappa shape index (κ3) is 4.20. The van der Waals surface area contributed by atoms with Gasteiger partial charge in [-0.1, -0.05) is 17.7 Å². The summed E-state index contributed by atoms with van der Waals surface area (Å²) in [6.07, 6.45) is 11.5. The molecule has 0 bridgehead atoms. The number of pyridine rings is 1. The number of rotatable bonds is 4. The molecule has 1 atom stereocenters. The molecule has 1 amide bonds. The second-order valence-electron chi connectivity index (χ2n) is 6.66. The molecule has 1 saturated heterocycles. The molecule has 23 heavy (non-hydrogen) atoms. The monoisotopic (exact) mass is 313 g/mol. The molecule has 2 aliphatic rings. The normalized spacial score (nSPS) is 20.9. The van der Waals surface area contributed by atoms with Crippen LogP contribution in [-0.4, -0.2) is 46.9 Å². The Kier molecular flexibility index (Phi) is 5.44. The molecule has 1 aliphatic heterocycles. The average Bonchev–Trinajstić information content (AvgIpc) is 2.63. The standard InChI is InChI=1S/C19H27N3O/c1-16(18-8-5-9-20-15-18)21-10-12-22(13-11-21)19(23)14-17-6-3-2-4-7-17/h5-6,8-9,15-16H,2-4,7,10-14H2,1H3/t16-/m0/s1. The Morgan fingerprint density at radius 2 is 2.09 bits per heavy atom. The van der Waals surface area contributed by atoms with E-state index in [1.807, 2.05) is 23.4 Å². The molecule has 0 radical (unpaired) electrons. The van der Waals surface area contributed by atoms with E-state index in [-0.39, 0.29) is 0 Å². The van der Waals surface area contributed by atoms with Gasteiger partial charge in [0.05, 0.1) is 0 Å². The van der Waals surface area contributed by atoms with Crippen LogP contribution in [0.3, 0.4) is 0 Å². The lowest BCUT2D eigenvalue weighted by Gasteiger charge is -2.38. The molecule has 2 heterocycles. The van der Waals surface area contributed by atoms with Crippen molar-refractivity contribution in [2.24, 2.45) is 0 Å². The Morgan fingerprint density at radius 3 is 2.74 bits per heavy atom. The Bertz CT molecular complexity index is 547. The Balaban J connectivity index is 1.50. The van der Waals surface area contributed by atoms with Gasteiger partial charge in [0.2, 0.25) is 5.91 Å². The first kappa shape index (κ1) is 16.2. The number of piperazine rings is 1. The number of amides is 1. The fourth-order valence-electron chi connectivity index (χ4n) is 3.56. The number of nitrogens with zero attached hydrogens (tertiary/aromatic N) is 3. The fourth-order valence-corrected chi connectivity index (χ4v) is 3.56. The second-order valence-corrected chi connectivity index (χ2v) is 6.66. The lowest BCUT2D eigenvalue weighted by molar-refractivity contribution is -0.132. The van der Waals surface area contributed by atoms with Gasteiger partial charge in [0.1, 0.15) is 0 Å². The highest BCUT2D eigenvalue weighted by atomic mass is 16.2. The summed E-state index contributed by atoms with van der Waals surface area (Å²) < 4.78 is 0. The van der Waals surface area contributed by atoms with Gasteiger partial charge in [-0.3, -0.25) is 14.7 Å². The fraction of sp³-hybridized carbons (Fsp3) is 0.579. The van der Waals surface area contributed by atoms with Crippen molar-refractivity contribution in [3.63, 3.8) is 0 Å². The molecule has 4 heteroatoms. The van der Waals surface area contributed by atoms with Crippen molar-refractivity contribution in [3.8, 4) is 0 Å². The van der Waals surface area contributed by atoms with E-state index in [1.165, 1.54) is 24.0 Å². The van der Waals surface area contributed by atoms with Crippen LogP contribution in [0.1, 0.15) is 50.6 Å². The summed E-state index contributed by atoms with van der Waals surface area (Å²) in [5.74, 6) is 0.312. The summed E-state index contributed by atoms with van der Waals surface area (Å²) in [4.78, 5) is 21.2. The molecule has 3 rings (SSSR count). The second kappa shape index (κ2) is 7.73. The van der Waals surface area contributed by atoms with Crippen LogP contribution < -0.4 is 0 Å². The van der Waals surface area contributed by atoms with E-state index >= 15 is 0 Å². The molecule has 0 spiro atoms. The molecule has 0 aromatic carbocycles. The van der Waals surface area contributed by atoms with Gasteiger partial charge in [0.15, 0.2) is 0 Å². The number of hydrogen-bond acceptors (Lipinski definition) is 3. The maximum absolute atomic E-state index is 12.5. The van der Waals surface area contributed by atoms with Crippen LogP contribution in [0.15, 0.2) is 36.2 Å². The van der Waals surface area contributed by atoms with Crippen LogP contribution in [0, 0.1) is 0 Å². The quantitative estimate of drug-likeness (QED) is 0.801. The number of carbonyl (C=O) groups excluding carboxylic acids is 1. The Hall–Kier alpha value is -1.68. The molecular formula is C19H27N3O. The minimum absolute atomic E-state index is 0.312. The summed E-state index contributed by atoms with van der Waals surface area (Å²) in [5, 5.41) is 0. The number of allylic oxidation sites excluding steroid dienone is 1. The summed E-state index contributed by atoms with van der Waals surface area (Å²) in [5.41, 5.74) is 2.60. The maximum atomic E-state index is 12.5. The van der Waals surface area contributed by atoms with Gasteiger partial charge in [-0.25, -0.2) is 0 Å². The van der Waals surface area contributed by atoms with E-state index in [0.29, 0.717) is 18.4 Å². The van der Waals surface area contributed by atoms with Gasteiger partial charge in [-0.05, 0) is 44.2 Å². The molecule has 0 saturated carbocycles. The van der Waals surface area contributed by atoms with E-state index in [1.54, 1.807) is 0 Å². The molecule has 0 N–H and O–H groups in total. The van der Waals surface area contributed by atoms with Crippen LogP contribution in [-0.2, 0) is 4.79 Å². The van der Waals surface area contributed by atoms with Crippen molar-refractivity contribution >= 4 is 5.91 Å². The van der Waals surface area contributed by atoms with Crippen molar-refractivity contribution in [3.05, 3.63) is 41.7 Å². The van der Waals surface area contributed by atoms with Gasteiger partial charge in [-0.2, -0.15) is 0 Å². The zero-order valence-corrected chi connectivity index (χ0v) is 14.1. The molecular weight excluding hydrogens is 286 g/mol. The smallest absolute Gasteiger partial charge is 0.226 e. The highest BCUT2D eigenvalue weighted by Gasteiger charge is 2.25. The van der Waals surface area contributed by atoms with E-state index in [9.17, 15) is 4.79 Å². The zero-order chi connectivity index (χ0) is 16.1. The number of aromatic nitrogens is 1. The van der Waals surface area contributed by atoms with Crippen molar-refractivity contribution in [1.82, 2.24) is 14.8 Å². The van der Waals surface area contributed by atoms with Crippen molar-refractivity contribution in [2.45, 2.75) is 45.1 Å². The third-order valence-electron chi connectivity index (χ3n) is 5.14. The SMILES string of the molecule is C[C@@H](c1cccnc1)N1CCN(C(=O)CC2=CCCCC2)CC1. The van der Waals surface area contributed by atoms with E-state index in [2.05, 4.69) is 29.0 Å². The molecule has 1 aromatic heterocycles. The first-order valence-electron chi connectivity index (χ1n) is 8.83. The van der Waals surface area contributed by atoms with Gasteiger partial charge in [0, 0.05) is 51.0 Å². The number of hydrogen-bond donors (Lipinski definition) is 0. The summed E-state index contributed by atoms with van der Waals surface area (Å²) in [6, 6.07) is 4.48. The molecule has 1 aromatic rings. The summed E-state index contributed by atoms with van der Waals surface area (Å²) in [7, 11) is 0. The highest BCUT2D eigenvalue weighted by Crippen LogP contribution is 2.23. The Labute approximate surface area is 139 Å². The lowest BCUT2D eigenvalue weighted by atomic mass is 9.96. The minimum atomic E-state index is 0.312. The third-order valence-corrected chi connectivity index (χ3v) is 5.14. The molecule has 1 aliphatic carbocycles. The van der Waals surface area contributed by atoms with Crippen LogP contribution in [0.2, 0.25) is 0 Å². The predicted molar refractivity (Wildman–Crippen MR) is 92.0 cm³/mol. The van der Waals surface area contributed by atoms with Gasteiger partial charge in [0.25, 0.3) is 0 Å². The first-order valence-corrected chi connectivity index (χ1v) is 8.83. The molecule has 4 nitrogen and oxygen atoms in total. The van der Waals surface area contributed by atoms with Gasteiger partial charge in [-0.15, -0.1) is 0 Å². The predicted octanol–water partition coefficient (Wildman–Crippen LogP) is 3.18. The van der Waals surface area contributed by atoms with Crippen molar-refractivity contribution < 1.29 is 4.79 Å². The van der Waals surface area contributed by atoms with Gasteiger partial charge >= 0.3 is 0 Å². The zero-order valence-electron chi connectivity index (χ0n) is 14.1. The van der Waals surface area contributed by atoms with E-state index in [4.69, 9.17) is 0 Å². The van der Waals surface area contributed by atoms with Crippen LogP contribution in [0.4, 0.5) is 0 Å². The van der Waals surface area contributed by atoms with E-state index < -0.39 is 0 Å². The van der Waals surface area contributed by atoms with Crippen molar-refractivity contribution in [2.75, 3.05) is 26.2 Å². The molecule has 124 valence electrons. The van der Waals surface area contributed by atoms with Crippen LogP contribution in [0.5, 0.6) is 0 Å². The lowest BCUT2D eigenvalue weighted by Crippen LogP contribution is -2.49. The maximum Gasteiger partial charge on any atom is 0.226 e. The van der Waals surface area contributed by atoms with Crippen LogP contribution in [0.25, 0.3) is 0 Å². The average molecular weight is 313 g/mol. The molecule has 0 unspecified atom stereocenters. The number of carbonyl (C=O) groups is 1. The largest absolute Gasteiger partial charge is 0.340 e. The Morgan fingerprint density at radius 1 is 1.26 bits per heavy atom. The van der Waals surface area contributed by atoms with Gasteiger partial charge < -0.3 is 4.90 Å². The van der Waals surface area contributed by atoms with E-state index in [0.717, 1.165) is 39.0 Å². The summed E-state index contributed by atoms with van der Waals surface area (Å²) in [6.45, 7) is 5.80. The highest BCUT2D eigenvalue weighted by molar-refractivity contribution is 5.78. The van der Waals surface area contributed by atoms with Crippen molar-refractivity contribution in [1.29, 1.82) is 0 Å².